The van der Waals surface area contributed by atoms with Crippen LogP contribution in [0.15, 0.2) is 29.4 Å². The summed E-state index contributed by atoms with van der Waals surface area (Å²) >= 11 is 0. The van der Waals surface area contributed by atoms with Crippen molar-refractivity contribution in [2.75, 3.05) is 26.5 Å². The maximum Gasteiger partial charge on any atom is 0.243 e. The molecule has 3 rings (SSSR count). The average Bonchev–Trinajstić information content (AvgIpc) is 2.61. The summed E-state index contributed by atoms with van der Waals surface area (Å²) in [6.45, 7) is 0.486. The first-order chi connectivity index (χ1) is 11.5. The molecule has 0 bridgehead atoms. The predicted octanol–water partition coefficient (Wildman–Crippen LogP) is 0.823. The smallest absolute Gasteiger partial charge is 0.243 e. The summed E-state index contributed by atoms with van der Waals surface area (Å²) in [4.78, 5) is 8.25. The first kappa shape index (κ1) is 16.5. The second kappa shape index (κ2) is 6.25. The minimum absolute atomic E-state index is 0.144. The summed E-state index contributed by atoms with van der Waals surface area (Å²) in [6.07, 6.45) is 1.83. The molecule has 0 saturated heterocycles. The van der Waals surface area contributed by atoms with E-state index in [0.717, 1.165) is 5.56 Å². The molecule has 9 heteroatoms. The highest BCUT2D eigenvalue weighted by Crippen LogP contribution is 2.32. The topological polar surface area (TPSA) is 108 Å². The van der Waals surface area contributed by atoms with Gasteiger partial charge in [0.2, 0.25) is 10.0 Å². The Balaban J connectivity index is 1.94. The van der Waals surface area contributed by atoms with Crippen molar-refractivity contribution in [1.82, 2.24) is 14.3 Å². The van der Waals surface area contributed by atoms with E-state index in [-0.39, 0.29) is 11.4 Å². The van der Waals surface area contributed by atoms with Crippen LogP contribution in [0.5, 0.6) is 11.5 Å². The first-order valence-corrected chi connectivity index (χ1v) is 8.71. The summed E-state index contributed by atoms with van der Waals surface area (Å²) in [7, 11) is -0.718. The monoisotopic (exact) mass is 350 g/mol. The number of fused-ring (bicyclic) bond motifs is 1. The molecule has 0 saturated carbocycles. The fraction of sp³-hybridized carbons (Fsp3) is 0.333. The lowest BCUT2D eigenvalue weighted by Crippen LogP contribution is -2.36. The summed E-state index contributed by atoms with van der Waals surface area (Å²) < 4.78 is 37.5. The van der Waals surface area contributed by atoms with E-state index in [1.165, 1.54) is 37.0 Å². The summed E-state index contributed by atoms with van der Waals surface area (Å²) in [5.41, 5.74) is 7.28. The zero-order valence-electron chi connectivity index (χ0n) is 13.4. The van der Waals surface area contributed by atoms with Crippen LogP contribution in [0.3, 0.4) is 0 Å². The zero-order chi connectivity index (χ0) is 17.3. The quantitative estimate of drug-likeness (QED) is 0.870. The van der Waals surface area contributed by atoms with Crippen molar-refractivity contribution in [2.45, 2.75) is 17.9 Å². The lowest BCUT2D eigenvalue weighted by atomic mass is 10.1. The number of aromatic nitrogens is 2. The Hall–Kier alpha value is -2.39. The zero-order valence-corrected chi connectivity index (χ0v) is 14.2. The van der Waals surface area contributed by atoms with Crippen molar-refractivity contribution in [2.24, 2.45) is 0 Å². The summed E-state index contributed by atoms with van der Waals surface area (Å²) in [5.74, 6) is 1.24. The van der Waals surface area contributed by atoms with Crippen molar-refractivity contribution < 1.29 is 17.9 Å². The number of benzene rings is 1. The van der Waals surface area contributed by atoms with Crippen LogP contribution in [0.25, 0.3) is 0 Å². The fourth-order valence-electron chi connectivity index (χ4n) is 2.69. The molecule has 1 aliphatic rings. The standard InChI is InChI=1S/C15H18N4O4S/c1-22-13-4-3-10(7-14(13)23-2)24(20,21)19-6-5-11-12(8-19)17-9-18-15(11)16/h3-4,7,9H,5-6,8H2,1-2H3,(H2,16,17,18). The van der Waals surface area contributed by atoms with E-state index in [0.29, 0.717) is 36.0 Å². The van der Waals surface area contributed by atoms with E-state index >= 15 is 0 Å². The molecule has 2 aromatic rings. The SMILES string of the molecule is COc1ccc(S(=O)(=O)N2CCc3c(N)ncnc3C2)cc1OC. The van der Waals surface area contributed by atoms with Crippen molar-refractivity contribution >= 4 is 15.8 Å². The van der Waals surface area contributed by atoms with E-state index in [4.69, 9.17) is 15.2 Å². The second-order valence-corrected chi connectivity index (χ2v) is 7.23. The normalized spacial score (nSPS) is 14.9. The maximum absolute atomic E-state index is 12.9. The van der Waals surface area contributed by atoms with Gasteiger partial charge in [-0.3, -0.25) is 0 Å². The van der Waals surface area contributed by atoms with Crippen molar-refractivity contribution in [3.63, 3.8) is 0 Å². The molecule has 0 unspecified atom stereocenters. The molecule has 2 heterocycles. The number of ether oxygens (including phenoxy) is 2. The van der Waals surface area contributed by atoms with Gasteiger partial charge < -0.3 is 15.2 Å². The van der Waals surface area contributed by atoms with Gasteiger partial charge in [0, 0.05) is 18.2 Å². The number of nitrogens with zero attached hydrogens (tertiary/aromatic N) is 3. The lowest BCUT2D eigenvalue weighted by Gasteiger charge is -2.27. The number of anilines is 1. The van der Waals surface area contributed by atoms with Crippen molar-refractivity contribution in [1.29, 1.82) is 0 Å². The highest BCUT2D eigenvalue weighted by atomic mass is 32.2. The van der Waals surface area contributed by atoms with Gasteiger partial charge in [-0.1, -0.05) is 0 Å². The molecule has 1 aliphatic heterocycles. The van der Waals surface area contributed by atoms with E-state index in [1.807, 2.05) is 0 Å². The molecule has 8 nitrogen and oxygen atoms in total. The molecule has 0 spiro atoms. The number of nitrogen functional groups attached to an aromatic ring is 1. The van der Waals surface area contributed by atoms with E-state index in [1.54, 1.807) is 6.07 Å². The Morgan fingerprint density at radius 2 is 1.92 bits per heavy atom. The largest absolute Gasteiger partial charge is 0.493 e. The molecular weight excluding hydrogens is 332 g/mol. The third kappa shape index (κ3) is 2.76. The van der Waals surface area contributed by atoms with Gasteiger partial charge in [-0.05, 0) is 18.6 Å². The molecule has 0 radical (unpaired) electrons. The molecule has 0 amide bonds. The molecule has 128 valence electrons. The Morgan fingerprint density at radius 3 is 2.62 bits per heavy atom. The number of nitrogens with two attached hydrogens (primary N) is 1. The minimum atomic E-state index is -3.68. The van der Waals surface area contributed by atoms with Gasteiger partial charge >= 0.3 is 0 Å². The van der Waals surface area contributed by atoms with Crippen LogP contribution >= 0.6 is 0 Å². The van der Waals surface area contributed by atoms with Crippen molar-refractivity contribution in [3.8, 4) is 11.5 Å². The van der Waals surface area contributed by atoms with Gasteiger partial charge in [0.1, 0.15) is 12.1 Å². The maximum atomic E-state index is 12.9. The average molecular weight is 350 g/mol. The van der Waals surface area contributed by atoms with Gasteiger partial charge in [-0.15, -0.1) is 0 Å². The number of rotatable bonds is 4. The fourth-order valence-corrected chi connectivity index (χ4v) is 4.10. The molecule has 0 atom stereocenters. The Morgan fingerprint density at radius 1 is 1.17 bits per heavy atom. The van der Waals surface area contributed by atoms with Crippen LogP contribution in [0.4, 0.5) is 5.82 Å². The first-order valence-electron chi connectivity index (χ1n) is 7.27. The van der Waals surface area contributed by atoms with Gasteiger partial charge in [0.25, 0.3) is 0 Å². The van der Waals surface area contributed by atoms with Crippen molar-refractivity contribution in [3.05, 3.63) is 35.8 Å². The van der Waals surface area contributed by atoms with Crippen LogP contribution in [-0.4, -0.2) is 43.5 Å². The number of hydrogen-bond acceptors (Lipinski definition) is 7. The van der Waals surface area contributed by atoms with Crippen LogP contribution < -0.4 is 15.2 Å². The lowest BCUT2D eigenvalue weighted by molar-refractivity contribution is 0.353. The number of sulfonamides is 1. The highest BCUT2D eigenvalue weighted by Gasteiger charge is 2.30. The van der Waals surface area contributed by atoms with Crippen LogP contribution in [0.1, 0.15) is 11.3 Å². The third-order valence-electron chi connectivity index (χ3n) is 4.00. The van der Waals surface area contributed by atoms with E-state index in [2.05, 4.69) is 9.97 Å². The molecule has 0 aliphatic carbocycles. The Labute approximate surface area is 140 Å². The molecule has 1 aromatic carbocycles. The summed E-state index contributed by atoms with van der Waals surface area (Å²) in [5, 5.41) is 0. The van der Waals surface area contributed by atoms with E-state index < -0.39 is 10.0 Å². The van der Waals surface area contributed by atoms with Gasteiger partial charge in [-0.25, -0.2) is 18.4 Å². The Kier molecular flexibility index (Phi) is 4.29. The predicted molar refractivity (Wildman–Crippen MR) is 87.3 cm³/mol. The van der Waals surface area contributed by atoms with E-state index in [9.17, 15) is 8.42 Å². The van der Waals surface area contributed by atoms with Gasteiger partial charge in [-0.2, -0.15) is 4.31 Å². The molecule has 1 aromatic heterocycles. The van der Waals surface area contributed by atoms with Crippen LogP contribution in [-0.2, 0) is 23.0 Å². The third-order valence-corrected chi connectivity index (χ3v) is 5.84. The Bertz CT molecular complexity index is 870. The van der Waals surface area contributed by atoms with Gasteiger partial charge in [0.05, 0.1) is 31.4 Å². The summed E-state index contributed by atoms with van der Waals surface area (Å²) in [6, 6.07) is 4.53. The second-order valence-electron chi connectivity index (χ2n) is 5.29. The number of hydrogen-bond donors (Lipinski definition) is 1. The molecule has 24 heavy (non-hydrogen) atoms. The molecule has 0 fully saturated rings. The molecular formula is C15H18N4O4S. The molecule has 2 N–H and O–H groups in total. The number of methoxy groups -OCH3 is 2. The highest BCUT2D eigenvalue weighted by molar-refractivity contribution is 7.89. The van der Waals surface area contributed by atoms with Gasteiger partial charge in [0.15, 0.2) is 11.5 Å². The van der Waals surface area contributed by atoms with Crippen LogP contribution in [0.2, 0.25) is 0 Å². The minimum Gasteiger partial charge on any atom is -0.493 e. The van der Waals surface area contributed by atoms with Crippen LogP contribution in [0, 0.1) is 0 Å².